The number of piperidine rings is 1. The third kappa shape index (κ3) is 7.43. The van der Waals surface area contributed by atoms with Gasteiger partial charge in [0.15, 0.2) is 5.78 Å². The lowest BCUT2D eigenvalue weighted by molar-refractivity contribution is -0.145. The number of nitrogens with one attached hydrogen (secondary N) is 3. The third-order valence-electron chi connectivity index (χ3n) is 9.35. The molecule has 3 N–H and O–H groups in total. The Morgan fingerprint density at radius 2 is 1.50 bits per heavy atom. The summed E-state index contributed by atoms with van der Waals surface area (Å²) in [5.74, 6) is -1.70. The molecule has 1 aliphatic carbocycles. The molecule has 4 amide bonds. The first kappa shape index (κ1) is 32.1. The van der Waals surface area contributed by atoms with E-state index >= 15 is 0 Å². The predicted molar refractivity (Wildman–Crippen MR) is 154 cm³/mol. The molecule has 1 unspecified atom stereocenters. The van der Waals surface area contributed by atoms with Crippen molar-refractivity contribution in [3.63, 3.8) is 0 Å². The number of hydrogen-bond acceptors (Lipinski definition) is 5. The molecule has 0 aromatic heterocycles. The van der Waals surface area contributed by atoms with E-state index in [9.17, 15) is 24.0 Å². The summed E-state index contributed by atoms with van der Waals surface area (Å²) in [5, 5.41) is 8.77. The van der Waals surface area contributed by atoms with Gasteiger partial charge in [-0.25, -0.2) is 4.79 Å². The van der Waals surface area contributed by atoms with Crippen LogP contribution in [0.3, 0.4) is 0 Å². The molecule has 3 fully saturated rings. The number of rotatable bonds is 3. The second-order valence-electron chi connectivity index (χ2n) is 14.7. The van der Waals surface area contributed by atoms with Gasteiger partial charge in [0.05, 0.1) is 6.04 Å². The van der Waals surface area contributed by atoms with Crippen LogP contribution in [-0.2, 0) is 19.2 Å². The first-order chi connectivity index (χ1) is 18.5. The van der Waals surface area contributed by atoms with E-state index in [1.807, 2.05) is 34.6 Å². The molecule has 1 saturated carbocycles. The lowest BCUT2D eigenvalue weighted by Gasteiger charge is -2.40. The van der Waals surface area contributed by atoms with E-state index < -0.39 is 46.7 Å². The van der Waals surface area contributed by atoms with Gasteiger partial charge in [-0.05, 0) is 56.3 Å². The van der Waals surface area contributed by atoms with Gasteiger partial charge in [-0.3, -0.25) is 19.2 Å². The number of amides is 4. The molecule has 2 aliphatic heterocycles. The Balaban J connectivity index is 1.96. The molecule has 2 saturated heterocycles. The van der Waals surface area contributed by atoms with Crippen molar-refractivity contribution in [2.75, 3.05) is 6.54 Å². The van der Waals surface area contributed by atoms with Gasteiger partial charge in [-0.2, -0.15) is 0 Å². The Morgan fingerprint density at radius 3 is 2.08 bits per heavy atom. The predicted octanol–water partition coefficient (Wildman–Crippen LogP) is 4.13. The second kappa shape index (κ2) is 12.2. The average molecular weight is 561 g/mol. The van der Waals surface area contributed by atoms with Gasteiger partial charge in [-0.1, -0.05) is 72.6 Å². The summed E-state index contributed by atoms with van der Waals surface area (Å²) in [5.41, 5.74) is -1.13. The molecular weight excluding hydrogens is 508 g/mol. The molecule has 0 bridgehead atoms. The SMILES string of the molecule is CC(=O)C(=O)[C@@H]1CCCCCCCCCC(C)(C)[C@H](NC(=O)NC(C)(C)C)C(=O)N2C[C@H]3C([C@H]2C(=O)N1)C3(C)C. The molecule has 0 radical (unpaired) electrons. The van der Waals surface area contributed by atoms with Crippen molar-refractivity contribution >= 4 is 29.4 Å². The van der Waals surface area contributed by atoms with Gasteiger partial charge in [0.2, 0.25) is 17.6 Å². The van der Waals surface area contributed by atoms with Crippen molar-refractivity contribution in [1.29, 1.82) is 0 Å². The van der Waals surface area contributed by atoms with Crippen LogP contribution in [0.25, 0.3) is 0 Å². The minimum absolute atomic E-state index is 0.0428. The van der Waals surface area contributed by atoms with E-state index in [-0.39, 0.29) is 29.1 Å². The van der Waals surface area contributed by atoms with Gasteiger partial charge in [0.25, 0.3) is 0 Å². The monoisotopic (exact) mass is 560 g/mol. The van der Waals surface area contributed by atoms with E-state index in [1.165, 1.54) is 6.92 Å². The maximum atomic E-state index is 14.3. The third-order valence-corrected chi connectivity index (χ3v) is 9.35. The number of fused-ring (bicyclic) bond motifs is 3. The zero-order valence-electron chi connectivity index (χ0n) is 25.9. The molecule has 5 atom stereocenters. The van der Waals surface area contributed by atoms with Crippen molar-refractivity contribution in [1.82, 2.24) is 20.9 Å². The fraction of sp³-hybridized carbons (Fsp3) is 0.839. The Labute approximate surface area is 240 Å². The highest BCUT2D eigenvalue weighted by Gasteiger charge is 2.70. The van der Waals surface area contributed by atoms with Crippen LogP contribution in [0, 0.1) is 22.7 Å². The van der Waals surface area contributed by atoms with Gasteiger partial charge < -0.3 is 20.9 Å². The molecule has 9 heteroatoms. The smallest absolute Gasteiger partial charge is 0.315 e. The Morgan fingerprint density at radius 1 is 0.925 bits per heavy atom. The van der Waals surface area contributed by atoms with Crippen molar-refractivity contribution in [3.05, 3.63) is 0 Å². The summed E-state index contributed by atoms with van der Waals surface area (Å²) in [6.45, 7) is 15.6. The summed E-state index contributed by atoms with van der Waals surface area (Å²) in [4.78, 5) is 67.6. The molecule has 3 rings (SSSR count). The van der Waals surface area contributed by atoms with E-state index in [1.54, 1.807) is 4.90 Å². The van der Waals surface area contributed by atoms with Crippen molar-refractivity contribution in [3.8, 4) is 0 Å². The van der Waals surface area contributed by atoms with Gasteiger partial charge >= 0.3 is 6.03 Å². The van der Waals surface area contributed by atoms with E-state index in [4.69, 9.17) is 0 Å². The van der Waals surface area contributed by atoms with Crippen LogP contribution in [0.2, 0.25) is 0 Å². The summed E-state index contributed by atoms with van der Waals surface area (Å²) in [6, 6.07) is -2.88. The number of carbonyl (C=O) groups excluding carboxylic acids is 5. The summed E-state index contributed by atoms with van der Waals surface area (Å²) >= 11 is 0. The molecule has 40 heavy (non-hydrogen) atoms. The normalized spacial score (nSPS) is 31.2. The first-order valence-electron chi connectivity index (χ1n) is 15.2. The van der Waals surface area contributed by atoms with Gasteiger partial charge in [0.1, 0.15) is 12.1 Å². The van der Waals surface area contributed by atoms with E-state index in [0.29, 0.717) is 13.0 Å². The molecule has 2 heterocycles. The van der Waals surface area contributed by atoms with Crippen LogP contribution in [0.5, 0.6) is 0 Å². The molecule has 0 aromatic carbocycles. The molecule has 0 spiro atoms. The highest BCUT2D eigenvalue weighted by Crippen LogP contribution is 2.65. The zero-order chi connectivity index (χ0) is 30.0. The number of ketones is 2. The fourth-order valence-electron chi connectivity index (χ4n) is 6.81. The van der Waals surface area contributed by atoms with Crippen LogP contribution >= 0.6 is 0 Å². The lowest BCUT2D eigenvalue weighted by Crippen LogP contribution is -2.62. The molecular formula is C31H52N4O5. The van der Waals surface area contributed by atoms with E-state index in [0.717, 1.165) is 51.4 Å². The number of hydrogen-bond donors (Lipinski definition) is 3. The van der Waals surface area contributed by atoms with Crippen LogP contribution in [0.15, 0.2) is 0 Å². The zero-order valence-corrected chi connectivity index (χ0v) is 25.9. The standard InChI is InChI=1S/C31H52N4O5/c1-19(36)24(37)21-16-14-12-10-9-11-13-15-17-30(5,6)25(33-28(40)34-29(2,3)4)27(39)35-18-20-22(31(20,7)8)23(35)26(38)32-21/h20-23,25H,9-18H2,1-8H3,(H,32,38)(H2,33,34,40)/t20-,21-,22?,23-,25+/m0/s1. The largest absolute Gasteiger partial charge is 0.344 e. The lowest BCUT2D eigenvalue weighted by atomic mass is 9.78. The number of carbonyl (C=O) groups is 5. The maximum absolute atomic E-state index is 14.3. The van der Waals surface area contributed by atoms with Crippen LogP contribution in [-0.4, -0.2) is 64.5 Å². The van der Waals surface area contributed by atoms with Crippen LogP contribution in [0.1, 0.15) is 113 Å². The average Bonchev–Trinajstić information content (AvgIpc) is 3.15. The number of nitrogens with zero attached hydrogens (tertiary/aromatic N) is 1. The number of urea groups is 1. The van der Waals surface area contributed by atoms with Crippen molar-refractivity contribution in [2.24, 2.45) is 22.7 Å². The molecule has 9 nitrogen and oxygen atoms in total. The summed E-state index contributed by atoms with van der Waals surface area (Å²) in [6.07, 6.45) is 8.00. The van der Waals surface area contributed by atoms with Gasteiger partial charge in [0, 0.05) is 19.0 Å². The van der Waals surface area contributed by atoms with Crippen LogP contribution in [0.4, 0.5) is 4.79 Å². The van der Waals surface area contributed by atoms with Crippen molar-refractivity contribution in [2.45, 2.75) is 137 Å². The Kier molecular flexibility index (Phi) is 9.78. The molecule has 226 valence electrons. The maximum Gasteiger partial charge on any atom is 0.315 e. The van der Waals surface area contributed by atoms with Crippen molar-refractivity contribution < 1.29 is 24.0 Å². The second-order valence-corrected chi connectivity index (χ2v) is 14.7. The molecule has 3 aliphatic rings. The van der Waals surface area contributed by atoms with Crippen LogP contribution < -0.4 is 16.0 Å². The minimum atomic E-state index is -0.888. The Hall–Kier alpha value is -2.45. The Bertz CT molecular complexity index is 998. The molecule has 0 aromatic rings. The summed E-state index contributed by atoms with van der Waals surface area (Å²) in [7, 11) is 0. The summed E-state index contributed by atoms with van der Waals surface area (Å²) < 4.78 is 0. The minimum Gasteiger partial charge on any atom is -0.344 e. The topological polar surface area (TPSA) is 125 Å². The quantitative estimate of drug-likeness (QED) is 0.448. The van der Waals surface area contributed by atoms with E-state index in [2.05, 4.69) is 29.8 Å². The van der Waals surface area contributed by atoms with Gasteiger partial charge in [-0.15, -0.1) is 0 Å². The first-order valence-corrected chi connectivity index (χ1v) is 15.2. The highest BCUT2D eigenvalue weighted by molar-refractivity contribution is 6.38. The number of Topliss-reactive ketones (excluding diaryl/α,β-unsaturated/α-hetero) is 2. The highest BCUT2D eigenvalue weighted by atomic mass is 16.2. The fourth-order valence-corrected chi connectivity index (χ4v) is 6.81.